The lowest BCUT2D eigenvalue weighted by Crippen LogP contribution is -2.44. The summed E-state index contributed by atoms with van der Waals surface area (Å²) in [5.74, 6) is 1.09. The maximum Gasteiger partial charge on any atom is 0.163 e. The fourth-order valence-electron chi connectivity index (χ4n) is 2.94. The monoisotopic (exact) mass is 275 g/mol. The summed E-state index contributed by atoms with van der Waals surface area (Å²) in [7, 11) is 0. The molecule has 0 bridgehead atoms. The zero-order valence-corrected chi connectivity index (χ0v) is 11.9. The van der Waals surface area contributed by atoms with Gasteiger partial charge in [0.2, 0.25) is 0 Å². The van der Waals surface area contributed by atoms with Crippen molar-refractivity contribution in [1.29, 1.82) is 0 Å². The number of fused-ring (bicyclic) bond motifs is 1. The van der Waals surface area contributed by atoms with Gasteiger partial charge < -0.3 is 9.47 Å². The van der Waals surface area contributed by atoms with Crippen LogP contribution in [-0.4, -0.2) is 49.6 Å². The maximum atomic E-state index is 11.7. The fraction of sp³-hybridized carbons (Fsp3) is 0.562. The molecule has 1 aliphatic heterocycles. The van der Waals surface area contributed by atoms with Gasteiger partial charge in [-0.15, -0.1) is 0 Å². The maximum absolute atomic E-state index is 11.7. The van der Waals surface area contributed by atoms with Crippen LogP contribution in [0.5, 0.6) is 5.75 Å². The highest BCUT2D eigenvalue weighted by atomic mass is 16.5. The lowest BCUT2D eigenvalue weighted by molar-refractivity contribution is -0.0465. The molecule has 0 saturated carbocycles. The summed E-state index contributed by atoms with van der Waals surface area (Å²) in [6.45, 7) is 6.47. The number of morpholine rings is 1. The molecule has 1 heterocycles. The molecule has 1 unspecified atom stereocenters. The Kier molecular flexibility index (Phi) is 4.03. The third-order valence-corrected chi connectivity index (χ3v) is 4.13. The van der Waals surface area contributed by atoms with Crippen molar-refractivity contribution in [2.24, 2.45) is 0 Å². The zero-order chi connectivity index (χ0) is 13.9. The standard InChI is InChI=1S/C16H21NO3/c1-2-17-8-9-19-12(10-17)11-20-16-5-3-4-13-14(16)6-7-15(13)18/h3-5,12H,2,6-11H2,1H3. The van der Waals surface area contributed by atoms with Gasteiger partial charge in [0.25, 0.3) is 0 Å². The number of ketones is 1. The first kappa shape index (κ1) is 13.6. The predicted molar refractivity (Wildman–Crippen MR) is 76.4 cm³/mol. The number of carbonyl (C=O) groups excluding carboxylic acids is 1. The molecule has 108 valence electrons. The second-order valence-electron chi connectivity index (χ2n) is 5.40. The molecular formula is C16H21NO3. The summed E-state index contributed by atoms with van der Waals surface area (Å²) in [5.41, 5.74) is 1.91. The van der Waals surface area contributed by atoms with E-state index in [0.29, 0.717) is 13.0 Å². The number of hydrogen-bond donors (Lipinski definition) is 0. The third kappa shape index (κ3) is 2.72. The van der Waals surface area contributed by atoms with E-state index in [1.165, 1.54) is 0 Å². The Balaban J connectivity index is 1.63. The van der Waals surface area contributed by atoms with E-state index in [0.717, 1.165) is 49.5 Å². The van der Waals surface area contributed by atoms with Gasteiger partial charge in [-0.25, -0.2) is 0 Å². The van der Waals surface area contributed by atoms with Crippen LogP contribution >= 0.6 is 0 Å². The normalized spacial score (nSPS) is 22.9. The van der Waals surface area contributed by atoms with Crippen LogP contribution in [0.25, 0.3) is 0 Å². The van der Waals surface area contributed by atoms with Crippen molar-refractivity contribution in [3.8, 4) is 5.75 Å². The SMILES string of the molecule is CCN1CCOC(COc2cccc3c2CCC3=O)C1. The molecule has 1 aromatic rings. The minimum atomic E-state index is 0.122. The van der Waals surface area contributed by atoms with Crippen molar-refractivity contribution < 1.29 is 14.3 Å². The van der Waals surface area contributed by atoms with E-state index >= 15 is 0 Å². The van der Waals surface area contributed by atoms with Gasteiger partial charge >= 0.3 is 0 Å². The van der Waals surface area contributed by atoms with Crippen molar-refractivity contribution in [2.45, 2.75) is 25.9 Å². The molecular weight excluding hydrogens is 254 g/mol. The van der Waals surface area contributed by atoms with Gasteiger partial charge in [0.15, 0.2) is 5.78 Å². The number of hydrogen-bond acceptors (Lipinski definition) is 4. The number of carbonyl (C=O) groups is 1. The second-order valence-corrected chi connectivity index (χ2v) is 5.40. The van der Waals surface area contributed by atoms with Crippen LogP contribution in [0.2, 0.25) is 0 Å². The predicted octanol–water partition coefficient (Wildman–Crippen LogP) is 1.91. The Labute approximate surface area is 119 Å². The second kappa shape index (κ2) is 5.94. The van der Waals surface area contributed by atoms with E-state index in [9.17, 15) is 4.79 Å². The van der Waals surface area contributed by atoms with E-state index in [1.54, 1.807) is 0 Å². The molecule has 0 amide bonds. The van der Waals surface area contributed by atoms with Gasteiger partial charge in [0, 0.05) is 30.6 Å². The Hall–Kier alpha value is -1.39. The first-order valence-corrected chi connectivity index (χ1v) is 7.39. The highest BCUT2D eigenvalue weighted by Gasteiger charge is 2.24. The van der Waals surface area contributed by atoms with Gasteiger partial charge in [-0.2, -0.15) is 0 Å². The molecule has 0 spiro atoms. The number of ether oxygens (including phenoxy) is 2. The lowest BCUT2D eigenvalue weighted by Gasteiger charge is -2.32. The van der Waals surface area contributed by atoms with Crippen molar-refractivity contribution in [1.82, 2.24) is 4.90 Å². The van der Waals surface area contributed by atoms with E-state index in [2.05, 4.69) is 11.8 Å². The fourth-order valence-corrected chi connectivity index (χ4v) is 2.94. The number of Topliss-reactive ketones (excluding diaryl/α,β-unsaturated/α-hetero) is 1. The molecule has 1 atom stereocenters. The van der Waals surface area contributed by atoms with Crippen molar-refractivity contribution >= 4 is 5.78 Å². The minimum absolute atomic E-state index is 0.122. The number of likely N-dealkylation sites (N-methyl/N-ethyl adjacent to an activating group) is 1. The summed E-state index contributed by atoms with van der Waals surface area (Å²) < 4.78 is 11.7. The van der Waals surface area contributed by atoms with Gasteiger partial charge in [-0.3, -0.25) is 9.69 Å². The Morgan fingerprint density at radius 2 is 2.30 bits per heavy atom. The Bertz CT molecular complexity index is 500. The van der Waals surface area contributed by atoms with E-state index in [1.807, 2.05) is 18.2 Å². The quantitative estimate of drug-likeness (QED) is 0.841. The molecule has 20 heavy (non-hydrogen) atoms. The highest BCUT2D eigenvalue weighted by molar-refractivity contribution is 6.01. The Morgan fingerprint density at radius 1 is 1.40 bits per heavy atom. The van der Waals surface area contributed by atoms with Gasteiger partial charge in [0.1, 0.15) is 18.5 Å². The van der Waals surface area contributed by atoms with Crippen LogP contribution in [0.4, 0.5) is 0 Å². The van der Waals surface area contributed by atoms with Gasteiger partial charge in [-0.1, -0.05) is 19.1 Å². The van der Waals surface area contributed by atoms with Gasteiger partial charge in [-0.05, 0) is 19.0 Å². The molecule has 4 nitrogen and oxygen atoms in total. The lowest BCUT2D eigenvalue weighted by atomic mass is 10.1. The average molecular weight is 275 g/mol. The van der Waals surface area contributed by atoms with Crippen LogP contribution in [0, 0.1) is 0 Å². The molecule has 1 fully saturated rings. The molecule has 1 aromatic carbocycles. The van der Waals surface area contributed by atoms with Crippen molar-refractivity contribution in [3.05, 3.63) is 29.3 Å². The highest BCUT2D eigenvalue weighted by Crippen LogP contribution is 2.30. The van der Waals surface area contributed by atoms with Crippen molar-refractivity contribution in [2.75, 3.05) is 32.8 Å². The van der Waals surface area contributed by atoms with Crippen LogP contribution in [0.15, 0.2) is 18.2 Å². The molecule has 2 aliphatic rings. The molecule has 0 N–H and O–H groups in total. The molecule has 0 radical (unpaired) electrons. The third-order valence-electron chi connectivity index (χ3n) is 4.13. The van der Waals surface area contributed by atoms with Crippen LogP contribution in [-0.2, 0) is 11.2 Å². The summed E-state index contributed by atoms with van der Waals surface area (Å²) in [5, 5.41) is 0. The van der Waals surface area contributed by atoms with E-state index < -0.39 is 0 Å². The van der Waals surface area contributed by atoms with Crippen LogP contribution in [0.3, 0.4) is 0 Å². The molecule has 3 rings (SSSR count). The number of benzene rings is 1. The molecule has 1 saturated heterocycles. The summed E-state index contributed by atoms with van der Waals surface area (Å²) in [4.78, 5) is 14.1. The van der Waals surface area contributed by atoms with Crippen LogP contribution < -0.4 is 4.74 Å². The summed E-state index contributed by atoms with van der Waals surface area (Å²) in [6.07, 6.45) is 1.53. The molecule has 1 aliphatic carbocycles. The minimum Gasteiger partial charge on any atom is -0.491 e. The van der Waals surface area contributed by atoms with Crippen molar-refractivity contribution in [3.63, 3.8) is 0 Å². The average Bonchev–Trinajstić information content (AvgIpc) is 2.88. The first-order valence-electron chi connectivity index (χ1n) is 7.39. The summed E-state index contributed by atoms with van der Waals surface area (Å²) >= 11 is 0. The molecule has 4 heteroatoms. The smallest absolute Gasteiger partial charge is 0.163 e. The largest absolute Gasteiger partial charge is 0.491 e. The summed E-state index contributed by atoms with van der Waals surface area (Å²) in [6, 6.07) is 5.75. The van der Waals surface area contributed by atoms with Gasteiger partial charge in [0.05, 0.1) is 6.61 Å². The zero-order valence-electron chi connectivity index (χ0n) is 11.9. The van der Waals surface area contributed by atoms with Crippen LogP contribution in [0.1, 0.15) is 29.3 Å². The van der Waals surface area contributed by atoms with E-state index in [4.69, 9.17) is 9.47 Å². The topological polar surface area (TPSA) is 38.8 Å². The number of nitrogens with zero attached hydrogens (tertiary/aromatic N) is 1. The molecule has 0 aromatic heterocycles. The van der Waals surface area contributed by atoms with E-state index in [-0.39, 0.29) is 11.9 Å². The first-order chi connectivity index (χ1) is 9.78. The Morgan fingerprint density at radius 3 is 3.15 bits per heavy atom. The number of rotatable bonds is 4.